The third-order valence-corrected chi connectivity index (χ3v) is 4.45. The van der Waals surface area contributed by atoms with E-state index in [0.717, 1.165) is 15.2 Å². The number of methoxy groups -OCH3 is 1. The highest BCUT2D eigenvalue weighted by atomic mass is 32.1. The Morgan fingerprint density at radius 1 is 1.39 bits per heavy atom. The predicted molar refractivity (Wildman–Crippen MR) is 88.6 cm³/mol. The van der Waals surface area contributed by atoms with E-state index in [1.165, 1.54) is 7.11 Å². The zero-order chi connectivity index (χ0) is 16.9. The topological polar surface area (TPSA) is 88.5 Å². The number of nitrogens with one attached hydrogen (secondary N) is 1. The Morgan fingerprint density at radius 3 is 2.78 bits per heavy atom. The number of thiazole rings is 1. The Kier molecular flexibility index (Phi) is 5.68. The van der Waals surface area contributed by atoms with Gasteiger partial charge in [-0.1, -0.05) is 12.1 Å². The van der Waals surface area contributed by atoms with Crippen LogP contribution in [0.5, 0.6) is 0 Å². The van der Waals surface area contributed by atoms with E-state index in [1.807, 2.05) is 24.3 Å². The third-order valence-electron chi connectivity index (χ3n) is 3.35. The van der Waals surface area contributed by atoms with Crippen LogP contribution in [-0.4, -0.2) is 41.2 Å². The van der Waals surface area contributed by atoms with Crippen LogP contribution >= 0.6 is 11.3 Å². The van der Waals surface area contributed by atoms with Crippen LogP contribution in [0.15, 0.2) is 24.3 Å². The van der Waals surface area contributed by atoms with Gasteiger partial charge >= 0.3 is 5.97 Å². The molecule has 1 heterocycles. The van der Waals surface area contributed by atoms with Crippen LogP contribution in [0.4, 0.5) is 0 Å². The molecule has 0 unspecified atom stereocenters. The van der Waals surface area contributed by atoms with Crippen molar-refractivity contribution in [3.63, 3.8) is 0 Å². The summed E-state index contributed by atoms with van der Waals surface area (Å²) in [7, 11) is 1.48. The third kappa shape index (κ3) is 5.01. The van der Waals surface area contributed by atoms with E-state index in [0.29, 0.717) is 6.42 Å². The second-order valence-corrected chi connectivity index (χ2v) is 6.80. The smallest absolute Gasteiger partial charge is 0.305 e. The molecule has 0 saturated carbocycles. The first-order chi connectivity index (χ1) is 10.9. The van der Waals surface area contributed by atoms with Crippen LogP contribution in [0, 0.1) is 0 Å². The van der Waals surface area contributed by atoms with Crippen LogP contribution in [0.25, 0.3) is 10.2 Å². The van der Waals surface area contributed by atoms with Gasteiger partial charge in [0.25, 0.3) is 0 Å². The number of hydrogen-bond acceptors (Lipinski definition) is 5. The molecule has 124 valence electrons. The first kappa shape index (κ1) is 17.4. The highest BCUT2D eigenvalue weighted by Crippen LogP contribution is 2.22. The minimum absolute atomic E-state index is 0.145. The Labute approximate surface area is 138 Å². The summed E-state index contributed by atoms with van der Waals surface area (Å²) in [6, 6.07) is 7.83. The van der Waals surface area contributed by atoms with E-state index < -0.39 is 11.5 Å². The maximum absolute atomic E-state index is 12.1. The van der Waals surface area contributed by atoms with Gasteiger partial charge in [-0.3, -0.25) is 9.59 Å². The molecular formula is C16H20N2O4S. The SMILES string of the molecule is COC[C@@](C)(CC(=O)O)NC(=O)CCc1nc2ccccc2s1. The zero-order valence-corrected chi connectivity index (χ0v) is 14.0. The number of benzene rings is 1. The van der Waals surface area contributed by atoms with Crippen LogP contribution < -0.4 is 5.32 Å². The standard InChI is InChI=1S/C16H20N2O4S/c1-16(10-22-2,9-15(20)21)18-13(19)7-8-14-17-11-5-3-4-6-12(11)23-14/h3-6H,7-10H2,1-2H3,(H,18,19)(H,20,21)/t16-/m1/s1. The van der Waals surface area contributed by atoms with Gasteiger partial charge < -0.3 is 15.2 Å². The first-order valence-electron chi connectivity index (χ1n) is 7.28. The summed E-state index contributed by atoms with van der Waals surface area (Å²) in [6.07, 6.45) is 0.605. The van der Waals surface area contributed by atoms with E-state index in [4.69, 9.17) is 9.84 Å². The lowest BCUT2D eigenvalue weighted by Crippen LogP contribution is -2.50. The monoisotopic (exact) mass is 336 g/mol. The van der Waals surface area contributed by atoms with Crippen molar-refractivity contribution in [2.24, 2.45) is 0 Å². The first-order valence-corrected chi connectivity index (χ1v) is 8.10. The summed E-state index contributed by atoms with van der Waals surface area (Å²) in [5.41, 5.74) is 0.0219. The number of aryl methyl sites for hydroxylation is 1. The lowest BCUT2D eigenvalue weighted by atomic mass is 9.98. The lowest BCUT2D eigenvalue weighted by Gasteiger charge is -2.28. The number of hydrogen-bond donors (Lipinski definition) is 2. The maximum atomic E-state index is 12.1. The number of aromatic nitrogens is 1. The summed E-state index contributed by atoms with van der Waals surface area (Å²) >= 11 is 1.57. The van der Waals surface area contributed by atoms with E-state index in [1.54, 1.807) is 18.3 Å². The van der Waals surface area contributed by atoms with Gasteiger partial charge in [-0.25, -0.2) is 4.98 Å². The molecule has 0 radical (unpaired) electrons. The van der Waals surface area contributed by atoms with Crippen LogP contribution in [0.3, 0.4) is 0 Å². The van der Waals surface area contributed by atoms with Crippen molar-refractivity contribution in [2.75, 3.05) is 13.7 Å². The number of amides is 1. The molecule has 7 heteroatoms. The van der Waals surface area contributed by atoms with Gasteiger partial charge in [-0.2, -0.15) is 0 Å². The van der Waals surface area contributed by atoms with Gasteiger partial charge in [0, 0.05) is 20.0 Å². The number of carbonyl (C=O) groups excluding carboxylic acids is 1. The molecule has 0 aliphatic heterocycles. The Hall–Kier alpha value is -1.99. The number of nitrogens with zero attached hydrogens (tertiary/aromatic N) is 1. The van der Waals surface area contributed by atoms with Crippen molar-refractivity contribution in [1.82, 2.24) is 10.3 Å². The fourth-order valence-corrected chi connectivity index (χ4v) is 3.40. The molecule has 0 spiro atoms. The van der Waals surface area contributed by atoms with Crippen molar-refractivity contribution in [3.05, 3.63) is 29.3 Å². The van der Waals surface area contributed by atoms with E-state index >= 15 is 0 Å². The fraction of sp³-hybridized carbons (Fsp3) is 0.438. The normalized spacial score (nSPS) is 13.7. The molecule has 1 atom stereocenters. The van der Waals surface area contributed by atoms with E-state index in [-0.39, 0.29) is 25.4 Å². The average Bonchev–Trinajstić information content (AvgIpc) is 2.87. The second-order valence-electron chi connectivity index (χ2n) is 5.69. The molecule has 6 nitrogen and oxygen atoms in total. The minimum Gasteiger partial charge on any atom is -0.481 e. The van der Waals surface area contributed by atoms with Crippen molar-refractivity contribution in [1.29, 1.82) is 0 Å². The van der Waals surface area contributed by atoms with Crippen LogP contribution in [0.1, 0.15) is 24.8 Å². The largest absolute Gasteiger partial charge is 0.481 e. The van der Waals surface area contributed by atoms with Gasteiger partial charge in [0.15, 0.2) is 0 Å². The fourth-order valence-electron chi connectivity index (χ4n) is 2.43. The summed E-state index contributed by atoms with van der Waals surface area (Å²) in [5.74, 6) is -1.18. The molecule has 0 bridgehead atoms. The summed E-state index contributed by atoms with van der Waals surface area (Å²) < 4.78 is 6.12. The molecule has 0 aliphatic carbocycles. The molecular weight excluding hydrogens is 316 g/mol. The van der Waals surface area contributed by atoms with Gasteiger partial charge in [0.2, 0.25) is 5.91 Å². The van der Waals surface area contributed by atoms with Crippen molar-refractivity contribution in [3.8, 4) is 0 Å². The van der Waals surface area contributed by atoms with Gasteiger partial charge in [0.05, 0.1) is 33.8 Å². The number of fused-ring (bicyclic) bond motifs is 1. The minimum atomic E-state index is -0.976. The second kappa shape index (κ2) is 7.52. The summed E-state index contributed by atoms with van der Waals surface area (Å²) in [4.78, 5) is 27.5. The highest BCUT2D eigenvalue weighted by Gasteiger charge is 2.29. The summed E-state index contributed by atoms with van der Waals surface area (Å²) in [6.45, 7) is 1.81. The molecule has 0 saturated heterocycles. The number of carboxylic acid groups (broad SMARTS) is 1. The number of ether oxygens (including phenoxy) is 1. The number of para-hydroxylation sites is 1. The van der Waals surface area contributed by atoms with E-state index in [2.05, 4.69) is 10.3 Å². The van der Waals surface area contributed by atoms with Gasteiger partial charge in [-0.05, 0) is 19.1 Å². The van der Waals surface area contributed by atoms with Crippen molar-refractivity contribution >= 4 is 33.4 Å². The van der Waals surface area contributed by atoms with Crippen LogP contribution in [0.2, 0.25) is 0 Å². The molecule has 23 heavy (non-hydrogen) atoms. The summed E-state index contributed by atoms with van der Waals surface area (Å²) in [5, 5.41) is 12.6. The zero-order valence-electron chi connectivity index (χ0n) is 13.2. The Bertz CT molecular complexity index is 667. The number of carbonyl (C=O) groups is 2. The molecule has 0 aliphatic rings. The Balaban J connectivity index is 1.94. The number of aliphatic carboxylic acids is 1. The highest BCUT2D eigenvalue weighted by molar-refractivity contribution is 7.18. The number of rotatable bonds is 8. The average molecular weight is 336 g/mol. The van der Waals surface area contributed by atoms with Crippen molar-refractivity contribution < 1.29 is 19.4 Å². The van der Waals surface area contributed by atoms with Crippen LogP contribution in [-0.2, 0) is 20.7 Å². The molecule has 1 amide bonds. The molecule has 2 aromatic rings. The molecule has 1 aromatic carbocycles. The molecule has 0 fully saturated rings. The number of carboxylic acids is 1. The Morgan fingerprint density at radius 2 is 2.13 bits per heavy atom. The predicted octanol–water partition coefficient (Wildman–Crippen LogP) is 2.22. The van der Waals surface area contributed by atoms with E-state index in [9.17, 15) is 9.59 Å². The molecule has 2 rings (SSSR count). The maximum Gasteiger partial charge on any atom is 0.305 e. The molecule has 2 N–H and O–H groups in total. The quantitative estimate of drug-likeness (QED) is 0.772. The molecule has 1 aromatic heterocycles. The van der Waals surface area contributed by atoms with Crippen molar-refractivity contribution in [2.45, 2.75) is 31.7 Å². The van der Waals surface area contributed by atoms with Gasteiger partial charge in [0.1, 0.15) is 0 Å². The van der Waals surface area contributed by atoms with Gasteiger partial charge in [-0.15, -0.1) is 11.3 Å². The lowest BCUT2D eigenvalue weighted by molar-refractivity contribution is -0.139.